The molecule has 0 radical (unpaired) electrons. The van der Waals surface area contributed by atoms with Gasteiger partial charge in [0.1, 0.15) is 6.23 Å². The summed E-state index contributed by atoms with van der Waals surface area (Å²) in [6.45, 7) is 2.20. The van der Waals surface area contributed by atoms with Gasteiger partial charge in [0.15, 0.2) is 0 Å². The highest BCUT2D eigenvalue weighted by atomic mass is 16.5. The van der Waals surface area contributed by atoms with Crippen molar-refractivity contribution in [2.75, 3.05) is 0 Å². The van der Waals surface area contributed by atoms with Gasteiger partial charge in [0.25, 0.3) is 6.47 Å². The molecule has 0 aliphatic rings. The molecule has 0 heterocycles. The van der Waals surface area contributed by atoms with Gasteiger partial charge in [0, 0.05) is 0 Å². The summed E-state index contributed by atoms with van der Waals surface area (Å²) in [6, 6.07) is 0. The lowest BCUT2D eigenvalue weighted by Gasteiger charge is -2.02. The first kappa shape index (κ1) is 6.43. The second kappa shape index (κ2) is 3.61. The van der Waals surface area contributed by atoms with Crippen molar-refractivity contribution in [3.8, 4) is 0 Å². The van der Waals surface area contributed by atoms with Gasteiger partial charge in [-0.2, -0.15) is 0 Å². The van der Waals surface area contributed by atoms with Gasteiger partial charge in [-0.05, 0) is 6.42 Å². The second-order valence-corrected chi connectivity index (χ2v) is 1.18. The van der Waals surface area contributed by atoms with E-state index in [-0.39, 0.29) is 0 Å². The molecule has 0 saturated heterocycles. The number of ether oxygens (including phenoxy) is 1. The molecular formula is C4H9NO2. The van der Waals surface area contributed by atoms with Gasteiger partial charge in [0.2, 0.25) is 0 Å². The SMILES string of the molecule is CCC(N)OC=O. The lowest BCUT2D eigenvalue weighted by atomic mass is 10.4. The summed E-state index contributed by atoms with van der Waals surface area (Å²) in [7, 11) is 0. The van der Waals surface area contributed by atoms with Crippen LogP contribution in [0, 0.1) is 0 Å². The van der Waals surface area contributed by atoms with Crippen LogP contribution in [0.2, 0.25) is 0 Å². The molecule has 1 unspecified atom stereocenters. The Hall–Kier alpha value is -0.570. The van der Waals surface area contributed by atoms with Crippen LogP contribution >= 0.6 is 0 Å². The molecule has 0 amide bonds. The molecule has 0 bridgehead atoms. The first-order valence-corrected chi connectivity index (χ1v) is 2.16. The molecule has 42 valence electrons. The Morgan fingerprint density at radius 2 is 2.57 bits per heavy atom. The van der Waals surface area contributed by atoms with E-state index in [9.17, 15) is 4.79 Å². The van der Waals surface area contributed by atoms with Gasteiger partial charge in [-0.1, -0.05) is 6.92 Å². The maximum atomic E-state index is 9.47. The van der Waals surface area contributed by atoms with Crippen molar-refractivity contribution in [2.24, 2.45) is 5.73 Å². The van der Waals surface area contributed by atoms with E-state index in [1.54, 1.807) is 0 Å². The Labute approximate surface area is 42.4 Å². The van der Waals surface area contributed by atoms with Crippen LogP contribution in [0.5, 0.6) is 0 Å². The molecule has 1 atom stereocenters. The minimum Gasteiger partial charge on any atom is -0.449 e. The zero-order valence-electron chi connectivity index (χ0n) is 4.26. The van der Waals surface area contributed by atoms with Gasteiger partial charge in [-0.15, -0.1) is 0 Å². The highest BCUT2D eigenvalue weighted by molar-refractivity contribution is 5.37. The summed E-state index contributed by atoms with van der Waals surface area (Å²) in [6.07, 6.45) is 0.246. The quantitative estimate of drug-likeness (QED) is 0.399. The zero-order chi connectivity index (χ0) is 5.70. The number of hydrogen-bond acceptors (Lipinski definition) is 3. The summed E-state index contributed by atoms with van der Waals surface area (Å²) in [4.78, 5) is 9.47. The minimum absolute atomic E-state index is 0.355. The van der Waals surface area contributed by atoms with Crippen molar-refractivity contribution >= 4 is 6.47 Å². The number of rotatable bonds is 3. The zero-order valence-corrected chi connectivity index (χ0v) is 4.26. The van der Waals surface area contributed by atoms with E-state index < -0.39 is 6.23 Å². The maximum Gasteiger partial charge on any atom is 0.294 e. The minimum atomic E-state index is -0.419. The van der Waals surface area contributed by atoms with Crippen molar-refractivity contribution in [2.45, 2.75) is 19.6 Å². The van der Waals surface area contributed by atoms with Crippen molar-refractivity contribution in [1.29, 1.82) is 0 Å². The molecule has 0 aromatic carbocycles. The summed E-state index contributed by atoms with van der Waals surface area (Å²) in [5.41, 5.74) is 5.13. The Morgan fingerprint density at radius 3 is 2.71 bits per heavy atom. The monoisotopic (exact) mass is 103 g/mol. The van der Waals surface area contributed by atoms with Crippen molar-refractivity contribution in [3.63, 3.8) is 0 Å². The third kappa shape index (κ3) is 3.26. The van der Waals surface area contributed by atoms with E-state index in [0.29, 0.717) is 12.9 Å². The highest BCUT2D eigenvalue weighted by Gasteiger charge is 1.92. The average molecular weight is 103 g/mol. The van der Waals surface area contributed by atoms with Crippen LogP contribution in [0.4, 0.5) is 0 Å². The first-order chi connectivity index (χ1) is 3.31. The first-order valence-electron chi connectivity index (χ1n) is 2.16. The van der Waals surface area contributed by atoms with Gasteiger partial charge in [-0.3, -0.25) is 10.5 Å². The van der Waals surface area contributed by atoms with Crippen LogP contribution in [0.25, 0.3) is 0 Å². The Morgan fingerprint density at radius 1 is 2.00 bits per heavy atom. The molecule has 7 heavy (non-hydrogen) atoms. The Balaban J connectivity index is 2.98. The number of carbonyl (C=O) groups excluding carboxylic acids is 1. The van der Waals surface area contributed by atoms with Crippen LogP contribution in [0.1, 0.15) is 13.3 Å². The van der Waals surface area contributed by atoms with Gasteiger partial charge in [0.05, 0.1) is 0 Å². The van der Waals surface area contributed by atoms with Crippen LogP contribution in [0.3, 0.4) is 0 Å². The number of carbonyl (C=O) groups is 1. The smallest absolute Gasteiger partial charge is 0.294 e. The number of hydrogen-bond donors (Lipinski definition) is 1. The molecule has 0 fully saturated rings. The molecule has 0 aromatic heterocycles. The molecule has 0 saturated carbocycles. The molecule has 0 aromatic rings. The summed E-state index contributed by atoms with van der Waals surface area (Å²) < 4.78 is 4.29. The summed E-state index contributed by atoms with van der Waals surface area (Å²) >= 11 is 0. The topological polar surface area (TPSA) is 52.3 Å². The largest absolute Gasteiger partial charge is 0.449 e. The van der Waals surface area contributed by atoms with Crippen LogP contribution < -0.4 is 5.73 Å². The van der Waals surface area contributed by atoms with E-state index in [2.05, 4.69) is 4.74 Å². The van der Waals surface area contributed by atoms with Crippen LogP contribution in [-0.2, 0) is 9.53 Å². The van der Waals surface area contributed by atoms with Gasteiger partial charge < -0.3 is 4.74 Å². The lowest BCUT2D eigenvalue weighted by Crippen LogP contribution is -2.21. The van der Waals surface area contributed by atoms with Crippen LogP contribution in [-0.4, -0.2) is 12.7 Å². The molecule has 0 rings (SSSR count). The third-order valence-electron chi connectivity index (χ3n) is 0.633. The molecular weight excluding hydrogens is 94.0 g/mol. The van der Waals surface area contributed by atoms with Crippen molar-refractivity contribution in [1.82, 2.24) is 0 Å². The molecule has 3 nitrogen and oxygen atoms in total. The second-order valence-electron chi connectivity index (χ2n) is 1.18. The predicted octanol–water partition coefficient (Wildman–Crippen LogP) is -0.146. The normalized spacial score (nSPS) is 12.9. The average Bonchev–Trinajstić information content (AvgIpc) is 1.68. The van der Waals surface area contributed by atoms with Crippen molar-refractivity contribution < 1.29 is 9.53 Å². The molecule has 0 aliphatic heterocycles. The van der Waals surface area contributed by atoms with E-state index in [1.165, 1.54) is 0 Å². The molecule has 2 N–H and O–H groups in total. The fraction of sp³-hybridized carbons (Fsp3) is 0.750. The maximum absolute atomic E-state index is 9.47. The lowest BCUT2D eigenvalue weighted by molar-refractivity contribution is -0.133. The number of nitrogens with two attached hydrogens (primary N) is 1. The van der Waals surface area contributed by atoms with Crippen LogP contribution in [0.15, 0.2) is 0 Å². The van der Waals surface area contributed by atoms with E-state index in [1.807, 2.05) is 6.92 Å². The van der Waals surface area contributed by atoms with E-state index in [4.69, 9.17) is 5.73 Å². The van der Waals surface area contributed by atoms with E-state index >= 15 is 0 Å². The fourth-order valence-corrected chi connectivity index (χ4v) is 0.168. The summed E-state index contributed by atoms with van der Waals surface area (Å²) in [5, 5.41) is 0. The summed E-state index contributed by atoms with van der Waals surface area (Å²) in [5.74, 6) is 0. The fourth-order valence-electron chi connectivity index (χ4n) is 0.168. The predicted molar refractivity (Wildman–Crippen MR) is 25.4 cm³/mol. The molecule has 3 heteroatoms. The van der Waals surface area contributed by atoms with E-state index in [0.717, 1.165) is 0 Å². The Bertz CT molecular complexity index is 55.7. The molecule has 0 aliphatic carbocycles. The van der Waals surface area contributed by atoms with Gasteiger partial charge >= 0.3 is 0 Å². The molecule has 0 spiro atoms. The Kier molecular flexibility index (Phi) is 3.32. The van der Waals surface area contributed by atoms with Gasteiger partial charge in [-0.25, -0.2) is 0 Å². The van der Waals surface area contributed by atoms with Crippen molar-refractivity contribution in [3.05, 3.63) is 0 Å². The highest BCUT2D eigenvalue weighted by Crippen LogP contribution is 1.82. The third-order valence-corrected chi connectivity index (χ3v) is 0.633. The standard InChI is InChI=1S/C4H9NO2/c1-2-4(5)7-3-6/h3-4H,2,5H2,1H3.